The van der Waals surface area contributed by atoms with Crippen LogP contribution >= 0.6 is 23.5 Å². The van der Waals surface area contributed by atoms with Gasteiger partial charge in [0.2, 0.25) is 0 Å². The van der Waals surface area contributed by atoms with Gasteiger partial charge < -0.3 is 4.74 Å². The molecule has 4 rings (SSSR count). The molecule has 0 saturated heterocycles. The first kappa shape index (κ1) is 15.8. The van der Waals surface area contributed by atoms with Crippen molar-refractivity contribution in [3.05, 3.63) is 12.7 Å². The summed E-state index contributed by atoms with van der Waals surface area (Å²) >= 11 is 4.20. The summed E-state index contributed by atoms with van der Waals surface area (Å²) in [5.41, 5.74) is -0.166. The number of thioether (sulfide) groups is 2. The summed E-state index contributed by atoms with van der Waals surface area (Å²) in [6.07, 6.45) is 8.64. The van der Waals surface area contributed by atoms with Gasteiger partial charge in [0.1, 0.15) is 5.60 Å². The minimum atomic E-state index is -0.223. The maximum atomic E-state index is 11.7. The van der Waals surface area contributed by atoms with Crippen molar-refractivity contribution in [2.75, 3.05) is 17.3 Å². The van der Waals surface area contributed by atoms with Crippen LogP contribution in [0.25, 0.3) is 0 Å². The molecule has 0 N–H and O–H groups in total. The van der Waals surface area contributed by atoms with Gasteiger partial charge in [-0.25, -0.2) is 4.79 Å². The molecule has 21 heavy (non-hydrogen) atoms. The minimum absolute atomic E-state index is 0.166. The van der Waals surface area contributed by atoms with E-state index in [0.29, 0.717) is 4.75 Å². The fourth-order valence-corrected chi connectivity index (χ4v) is 7.70. The number of ether oxygens (including phenoxy) is 1. The first-order chi connectivity index (χ1) is 10.1. The van der Waals surface area contributed by atoms with E-state index in [1.807, 2.05) is 11.8 Å². The second-order valence-corrected chi connectivity index (χ2v) is 9.95. The highest BCUT2D eigenvalue weighted by Crippen LogP contribution is 2.63. The van der Waals surface area contributed by atoms with Crippen LogP contribution in [0.4, 0.5) is 0 Å². The molecule has 2 nitrogen and oxygen atoms in total. The first-order valence-corrected chi connectivity index (χ1v) is 10.3. The molecule has 0 amide bonds. The summed E-state index contributed by atoms with van der Waals surface area (Å²) in [6, 6.07) is 0. The van der Waals surface area contributed by atoms with Crippen LogP contribution in [0, 0.1) is 11.8 Å². The van der Waals surface area contributed by atoms with Crippen molar-refractivity contribution in [1.82, 2.24) is 0 Å². The monoisotopic (exact) mass is 326 g/mol. The van der Waals surface area contributed by atoms with Gasteiger partial charge in [-0.3, -0.25) is 0 Å². The summed E-state index contributed by atoms with van der Waals surface area (Å²) in [5.74, 6) is 5.02. The van der Waals surface area contributed by atoms with Crippen LogP contribution in [0.1, 0.15) is 45.4 Å². The van der Waals surface area contributed by atoms with Crippen molar-refractivity contribution in [3.8, 4) is 0 Å². The molecule has 4 heteroatoms. The predicted molar refractivity (Wildman–Crippen MR) is 91.9 cm³/mol. The van der Waals surface area contributed by atoms with Crippen molar-refractivity contribution in [2.45, 2.75) is 55.8 Å². The van der Waals surface area contributed by atoms with E-state index in [0.717, 1.165) is 31.1 Å². The van der Waals surface area contributed by atoms with E-state index in [1.54, 1.807) is 0 Å². The molecule has 0 radical (unpaired) electrons. The molecule has 4 aliphatic carbocycles. The number of esters is 1. The highest BCUT2D eigenvalue weighted by molar-refractivity contribution is 8.03. The van der Waals surface area contributed by atoms with Crippen LogP contribution in [-0.4, -0.2) is 33.6 Å². The molecular weight excluding hydrogens is 300 g/mol. The van der Waals surface area contributed by atoms with E-state index < -0.39 is 0 Å². The number of carbonyl (C=O) groups excluding carboxylic acids is 1. The Labute approximate surface area is 136 Å². The van der Waals surface area contributed by atoms with Gasteiger partial charge in [-0.05, 0) is 49.7 Å². The summed E-state index contributed by atoms with van der Waals surface area (Å²) in [7, 11) is 0. The number of hydrogen-bond donors (Lipinski definition) is 0. The fourth-order valence-electron chi connectivity index (χ4n) is 5.10. The van der Waals surface area contributed by atoms with Gasteiger partial charge in [0.25, 0.3) is 0 Å². The third kappa shape index (κ3) is 3.31. The molecule has 118 valence electrons. The van der Waals surface area contributed by atoms with Crippen LogP contribution in [0.5, 0.6) is 0 Å². The van der Waals surface area contributed by atoms with Gasteiger partial charge in [0.05, 0.1) is 0 Å². The normalized spacial score (nSPS) is 40.2. The van der Waals surface area contributed by atoms with Gasteiger partial charge in [0, 0.05) is 28.7 Å². The van der Waals surface area contributed by atoms with E-state index in [1.165, 1.54) is 42.6 Å². The Balaban J connectivity index is 1.69. The van der Waals surface area contributed by atoms with Gasteiger partial charge in [-0.2, -0.15) is 23.5 Å². The second kappa shape index (κ2) is 6.19. The Bertz CT molecular complexity index is 407. The predicted octanol–water partition coefficient (Wildman–Crippen LogP) is 4.29. The second-order valence-electron chi connectivity index (χ2n) is 7.00. The van der Waals surface area contributed by atoms with Gasteiger partial charge >= 0.3 is 5.97 Å². The Morgan fingerprint density at radius 2 is 2.00 bits per heavy atom. The molecule has 0 aromatic rings. The smallest absolute Gasteiger partial charge is 0.330 e. The molecule has 4 bridgehead atoms. The van der Waals surface area contributed by atoms with E-state index in [4.69, 9.17) is 4.74 Å². The van der Waals surface area contributed by atoms with Crippen molar-refractivity contribution >= 4 is 29.5 Å². The lowest BCUT2D eigenvalue weighted by molar-refractivity contribution is -0.177. The largest absolute Gasteiger partial charge is 0.456 e. The summed E-state index contributed by atoms with van der Waals surface area (Å²) in [5, 5.41) is 0. The third-order valence-corrected chi connectivity index (χ3v) is 7.94. The SMILES string of the molecule is C=CC(=O)OC12CC3CC(C1)CC(SCCSCC)(C3)C2. The van der Waals surface area contributed by atoms with Gasteiger partial charge in [0.15, 0.2) is 0 Å². The standard InChI is InChI=1S/C17H26O2S2/c1-3-15(18)19-16-8-13-7-14(9-16)11-17(10-13,12-16)21-6-5-20-4-2/h3,13-14H,1,4-12H2,2H3. The fraction of sp³-hybridized carbons (Fsp3) is 0.824. The molecule has 4 saturated carbocycles. The zero-order valence-corrected chi connectivity index (χ0v) is 14.6. The van der Waals surface area contributed by atoms with Crippen molar-refractivity contribution in [1.29, 1.82) is 0 Å². The van der Waals surface area contributed by atoms with Crippen LogP contribution in [0.3, 0.4) is 0 Å². The zero-order chi connectivity index (χ0) is 14.9. The molecule has 4 aliphatic rings. The first-order valence-electron chi connectivity index (χ1n) is 8.16. The van der Waals surface area contributed by atoms with Gasteiger partial charge in [-0.15, -0.1) is 0 Å². The molecule has 0 aromatic heterocycles. The van der Waals surface area contributed by atoms with E-state index in [9.17, 15) is 4.79 Å². The third-order valence-electron chi connectivity index (χ3n) is 5.28. The van der Waals surface area contributed by atoms with Crippen LogP contribution in [0.15, 0.2) is 12.7 Å². The van der Waals surface area contributed by atoms with Crippen LogP contribution in [0.2, 0.25) is 0 Å². The maximum absolute atomic E-state index is 11.7. The minimum Gasteiger partial charge on any atom is -0.456 e. The maximum Gasteiger partial charge on any atom is 0.330 e. The number of carbonyl (C=O) groups is 1. The number of hydrogen-bond acceptors (Lipinski definition) is 4. The molecule has 0 heterocycles. The average molecular weight is 327 g/mol. The Kier molecular flexibility index (Phi) is 4.66. The Hall–Kier alpha value is -0.0900. The van der Waals surface area contributed by atoms with Crippen molar-refractivity contribution < 1.29 is 9.53 Å². The zero-order valence-electron chi connectivity index (χ0n) is 12.9. The molecule has 2 atom stereocenters. The molecule has 2 unspecified atom stereocenters. The van der Waals surface area contributed by atoms with E-state index in [-0.39, 0.29) is 11.6 Å². The molecule has 0 spiro atoms. The van der Waals surface area contributed by atoms with Crippen molar-refractivity contribution in [3.63, 3.8) is 0 Å². The topological polar surface area (TPSA) is 26.3 Å². The summed E-state index contributed by atoms with van der Waals surface area (Å²) in [4.78, 5) is 11.7. The molecular formula is C17H26O2S2. The van der Waals surface area contributed by atoms with Gasteiger partial charge in [-0.1, -0.05) is 13.5 Å². The lowest BCUT2D eigenvalue weighted by Crippen LogP contribution is -2.59. The van der Waals surface area contributed by atoms with Crippen molar-refractivity contribution in [2.24, 2.45) is 11.8 Å². The quantitative estimate of drug-likeness (QED) is 0.396. The Morgan fingerprint density at radius 1 is 1.29 bits per heavy atom. The molecule has 0 aliphatic heterocycles. The average Bonchev–Trinajstić information content (AvgIpc) is 2.41. The lowest BCUT2D eigenvalue weighted by atomic mass is 9.53. The van der Waals surface area contributed by atoms with E-state index in [2.05, 4.69) is 25.3 Å². The highest BCUT2D eigenvalue weighted by Gasteiger charge is 2.59. The van der Waals surface area contributed by atoms with E-state index >= 15 is 0 Å². The molecule has 0 aromatic carbocycles. The highest BCUT2D eigenvalue weighted by atomic mass is 32.2. The Morgan fingerprint density at radius 3 is 2.62 bits per heavy atom. The van der Waals surface area contributed by atoms with Crippen LogP contribution in [-0.2, 0) is 9.53 Å². The molecule has 4 fully saturated rings. The number of rotatable bonds is 7. The van der Waals surface area contributed by atoms with Crippen LogP contribution < -0.4 is 0 Å². The summed E-state index contributed by atoms with van der Waals surface area (Å²) < 4.78 is 6.27. The lowest BCUT2D eigenvalue weighted by Gasteiger charge is -2.60. The summed E-state index contributed by atoms with van der Waals surface area (Å²) in [6.45, 7) is 5.79.